The molecule has 1 aromatic heterocycles. The fourth-order valence-corrected chi connectivity index (χ4v) is 3.51. The molecule has 0 aliphatic heterocycles. The van der Waals surface area contributed by atoms with Crippen LogP contribution in [0.15, 0.2) is 42.6 Å². The number of aromatic nitrogens is 1. The van der Waals surface area contributed by atoms with Crippen molar-refractivity contribution in [2.45, 2.75) is 51.2 Å². The van der Waals surface area contributed by atoms with Crippen LogP contribution < -0.4 is 10.1 Å². The summed E-state index contributed by atoms with van der Waals surface area (Å²) in [6.07, 6.45) is 4.62. The van der Waals surface area contributed by atoms with Crippen LogP contribution in [0.1, 0.15) is 49.9 Å². The quantitative estimate of drug-likeness (QED) is 0.652. The molecule has 0 unspecified atom stereocenters. The Balaban J connectivity index is 1.52. The molecule has 1 amide bonds. The monoisotopic (exact) mass is 430 g/mol. The van der Waals surface area contributed by atoms with Crippen molar-refractivity contribution in [3.05, 3.63) is 54.0 Å². The zero-order valence-corrected chi connectivity index (χ0v) is 17.6. The normalized spacial score (nSPS) is 18.9. The van der Waals surface area contributed by atoms with Gasteiger partial charge < -0.3 is 19.9 Å². The number of aliphatic carboxylic acids is 1. The molecule has 2 N–H and O–H groups in total. The molecule has 1 heterocycles. The first kappa shape index (κ1) is 22.7. The van der Waals surface area contributed by atoms with Gasteiger partial charge in [-0.3, -0.25) is 4.79 Å². The van der Waals surface area contributed by atoms with Crippen LogP contribution in [0, 0.1) is 11.7 Å². The highest BCUT2D eigenvalue weighted by atomic mass is 19.1. The molecular formula is C23H27FN2O5. The summed E-state index contributed by atoms with van der Waals surface area (Å²) in [4.78, 5) is 28.1. The smallest absolute Gasteiger partial charge is 0.335 e. The van der Waals surface area contributed by atoms with E-state index >= 15 is 0 Å². The summed E-state index contributed by atoms with van der Waals surface area (Å²) in [6.45, 7) is 3.61. The minimum absolute atomic E-state index is 0.0907. The number of hydrogen-bond acceptors (Lipinski definition) is 5. The van der Waals surface area contributed by atoms with Crippen molar-refractivity contribution < 1.29 is 28.6 Å². The number of hydrogen-bond donors (Lipinski definition) is 2. The molecule has 0 spiro atoms. The number of halogens is 1. The van der Waals surface area contributed by atoms with Gasteiger partial charge in [-0.25, -0.2) is 14.2 Å². The number of benzene rings is 1. The Bertz CT molecular complexity index is 908. The Hall–Kier alpha value is -3.00. The molecular weight excluding hydrogens is 403 g/mol. The van der Waals surface area contributed by atoms with Crippen molar-refractivity contribution in [2.24, 2.45) is 5.92 Å². The molecule has 7 nitrogen and oxygen atoms in total. The van der Waals surface area contributed by atoms with Crippen molar-refractivity contribution in [3.63, 3.8) is 0 Å². The van der Waals surface area contributed by atoms with Gasteiger partial charge >= 0.3 is 5.97 Å². The molecule has 2 aromatic rings. The number of carboxylic acid groups (broad SMARTS) is 1. The molecule has 1 fully saturated rings. The molecule has 8 heteroatoms. The lowest BCUT2D eigenvalue weighted by Crippen LogP contribution is -2.40. The Morgan fingerprint density at radius 3 is 2.48 bits per heavy atom. The van der Waals surface area contributed by atoms with E-state index in [1.165, 1.54) is 30.5 Å². The number of carbonyl (C=O) groups is 2. The average Bonchev–Trinajstić information content (AvgIpc) is 2.75. The third-order valence-corrected chi connectivity index (χ3v) is 5.37. The molecule has 0 bridgehead atoms. The number of amides is 1. The van der Waals surface area contributed by atoms with E-state index in [1.807, 2.05) is 0 Å². The number of ether oxygens (including phenoxy) is 2. The lowest BCUT2D eigenvalue weighted by Gasteiger charge is -2.33. The fraction of sp³-hybridized carbons (Fsp3) is 0.435. The van der Waals surface area contributed by atoms with Gasteiger partial charge in [0, 0.05) is 12.7 Å². The third-order valence-electron chi connectivity index (χ3n) is 5.37. The van der Waals surface area contributed by atoms with E-state index in [0.717, 1.165) is 25.7 Å². The lowest BCUT2D eigenvalue weighted by molar-refractivity contribution is -0.170. The fourth-order valence-electron chi connectivity index (χ4n) is 3.51. The van der Waals surface area contributed by atoms with Gasteiger partial charge in [-0.15, -0.1) is 0 Å². The second-order valence-corrected chi connectivity index (χ2v) is 8.20. The predicted octanol–water partition coefficient (Wildman–Crippen LogP) is 4.18. The summed E-state index contributed by atoms with van der Waals surface area (Å²) in [5.74, 6) is -0.822. The Morgan fingerprint density at radius 2 is 1.84 bits per heavy atom. The largest absolute Gasteiger partial charge is 0.479 e. The first-order chi connectivity index (χ1) is 14.7. The first-order valence-electron chi connectivity index (χ1n) is 10.3. The van der Waals surface area contributed by atoms with Crippen LogP contribution >= 0.6 is 0 Å². The molecule has 1 saturated carbocycles. The topological polar surface area (TPSA) is 97.8 Å². The van der Waals surface area contributed by atoms with E-state index in [1.54, 1.807) is 26.0 Å². The van der Waals surface area contributed by atoms with E-state index in [2.05, 4.69) is 10.3 Å². The summed E-state index contributed by atoms with van der Waals surface area (Å²) >= 11 is 0. The maximum absolute atomic E-state index is 13.1. The SMILES string of the molecule is CC(C)(OC1CCC(CNC(=O)c2cccnc2Oc2ccc(F)cc2)CC1)C(=O)O. The Morgan fingerprint density at radius 1 is 1.16 bits per heavy atom. The highest BCUT2D eigenvalue weighted by Crippen LogP contribution is 2.29. The number of nitrogens with one attached hydrogen (secondary N) is 1. The lowest BCUT2D eigenvalue weighted by atomic mass is 9.87. The van der Waals surface area contributed by atoms with Gasteiger partial charge in [0.15, 0.2) is 5.60 Å². The second-order valence-electron chi connectivity index (χ2n) is 8.20. The minimum Gasteiger partial charge on any atom is -0.479 e. The molecule has 3 rings (SSSR count). The highest BCUT2D eigenvalue weighted by Gasteiger charge is 2.33. The van der Waals surface area contributed by atoms with E-state index in [9.17, 15) is 19.1 Å². The first-order valence-corrected chi connectivity index (χ1v) is 10.3. The third kappa shape index (κ3) is 6.24. The van der Waals surface area contributed by atoms with Crippen LogP contribution in [0.25, 0.3) is 0 Å². The van der Waals surface area contributed by atoms with E-state index in [-0.39, 0.29) is 29.6 Å². The van der Waals surface area contributed by atoms with Crippen LogP contribution in [0.3, 0.4) is 0 Å². The average molecular weight is 430 g/mol. The summed E-state index contributed by atoms with van der Waals surface area (Å²) in [5, 5.41) is 12.1. The van der Waals surface area contributed by atoms with E-state index in [0.29, 0.717) is 17.9 Å². The van der Waals surface area contributed by atoms with Gasteiger partial charge in [-0.2, -0.15) is 0 Å². The number of nitrogens with zero attached hydrogens (tertiary/aromatic N) is 1. The van der Waals surface area contributed by atoms with E-state index < -0.39 is 11.6 Å². The minimum atomic E-state index is -1.20. The maximum Gasteiger partial charge on any atom is 0.335 e. The zero-order valence-electron chi connectivity index (χ0n) is 17.6. The zero-order chi connectivity index (χ0) is 22.4. The Kier molecular flexibility index (Phi) is 7.22. The summed E-state index contributed by atoms with van der Waals surface area (Å²) in [5.41, 5.74) is -0.903. The van der Waals surface area contributed by atoms with Crippen LogP contribution in [0.2, 0.25) is 0 Å². The predicted molar refractivity (Wildman–Crippen MR) is 112 cm³/mol. The molecule has 0 radical (unpaired) electrons. The maximum atomic E-state index is 13.1. The molecule has 166 valence electrons. The van der Waals surface area contributed by atoms with Crippen molar-refractivity contribution >= 4 is 11.9 Å². The van der Waals surface area contributed by atoms with Crippen molar-refractivity contribution in [2.75, 3.05) is 6.54 Å². The van der Waals surface area contributed by atoms with Crippen molar-refractivity contribution in [1.82, 2.24) is 10.3 Å². The molecule has 0 saturated heterocycles. The van der Waals surface area contributed by atoms with Gasteiger partial charge in [0.05, 0.1) is 6.10 Å². The standard InChI is InChI=1S/C23H27FN2O5/c1-23(2,22(28)29)31-18-9-5-15(6-10-18)14-26-20(27)19-4-3-13-25-21(19)30-17-11-7-16(24)8-12-17/h3-4,7-8,11-13,15,18H,5-6,9-10,14H2,1-2H3,(H,26,27)(H,28,29). The van der Waals surface area contributed by atoms with Crippen LogP contribution in [-0.2, 0) is 9.53 Å². The van der Waals surface area contributed by atoms with Crippen LogP contribution in [-0.4, -0.2) is 40.2 Å². The van der Waals surface area contributed by atoms with Crippen molar-refractivity contribution in [1.29, 1.82) is 0 Å². The van der Waals surface area contributed by atoms with Crippen LogP contribution in [0.4, 0.5) is 4.39 Å². The second kappa shape index (κ2) is 9.87. The summed E-state index contributed by atoms with van der Waals surface area (Å²) < 4.78 is 24.5. The molecule has 0 atom stereocenters. The summed E-state index contributed by atoms with van der Waals surface area (Å²) in [7, 11) is 0. The van der Waals surface area contributed by atoms with E-state index in [4.69, 9.17) is 9.47 Å². The van der Waals surface area contributed by atoms with Gasteiger partial charge in [0.2, 0.25) is 5.88 Å². The number of rotatable bonds is 8. The summed E-state index contributed by atoms with van der Waals surface area (Å²) in [6, 6.07) is 8.76. The van der Waals surface area contributed by atoms with Gasteiger partial charge in [-0.05, 0) is 81.8 Å². The molecule has 1 aromatic carbocycles. The molecule has 1 aliphatic carbocycles. The van der Waals surface area contributed by atoms with Crippen molar-refractivity contribution in [3.8, 4) is 11.6 Å². The number of carbonyl (C=O) groups excluding carboxylic acids is 1. The number of carboxylic acids is 1. The molecule has 31 heavy (non-hydrogen) atoms. The van der Waals surface area contributed by atoms with Crippen LogP contribution in [0.5, 0.6) is 11.6 Å². The van der Waals surface area contributed by atoms with Gasteiger partial charge in [0.25, 0.3) is 5.91 Å². The van der Waals surface area contributed by atoms with Gasteiger partial charge in [-0.1, -0.05) is 0 Å². The highest BCUT2D eigenvalue weighted by molar-refractivity contribution is 5.96. The Labute approximate surface area is 180 Å². The van der Waals surface area contributed by atoms with Gasteiger partial charge in [0.1, 0.15) is 17.1 Å². The number of pyridine rings is 1. The molecule has 1 aliphatic rings.